The molecule has 0 spiro atoms. The number of rotatable bonds is 3. The summed E-state index contributed by atoms with van der Waals surface area (Å²) >= 11 is 0. The summed E-state index contributed by atoms with van der Waals surface area (Å²) in [5.74, 6) is -0.0479. The molecule has 1 aromatic rings. The molecule has 0 amide bonds. The fourth-order valence-corrected chi connectivity index (χ4v) is 3.87. The molecule has 6 heteroatoms. The van der Waals surface area contributed by atoms with Crippen LogP contribution in [0.5, 0.6) is 5.75 Å². The minimum Gasteiger partial charge on any atom is -0.506 e. The summed E-state index contributed by atoms with van der Waals surface area (Å²) in [5, 5.41) is 9.77. The Morgan fingerprint density at radius 3 is 2.74 bits per heavy atom. The molecule has 2 N–H and O–H groups in total. The summed E-state index contributed by atoms with van der Waals surface area (Å²) in [7, 11) is -3.60. The summed E-state index contributed by atoms with van der Waals surface area (Å²) < 4.78 is 28.5. The number of benzene rings is 1. The second kappa shape index (κ2) is 5.38. The molecular weight excluding hydrogens is 264 g/mol. The zero-order valence-corrected chi connectivity index (χ0v) is 12.1. The zero-order valence-electron chi connectivity index (χ0n) is 11.3. The molecule has 1 atom stereocenters. The Morgan fingerprint density at radius 2 is 2.11 bits per heavy atom. The van der Waals surface area contributed by atoms with Gasteiger partial charge in [0, 0.05) is 12.6 Å². The van der Waals surface area contributed by atoms with Crippen LogP contribution in [0.1, 0.15) is 31.7 Å². The number of nitrogens with zero attached hydrogens (tertiary/aromatic N) is 1. The number of piperidine rings is 1. The van der Waals surface area contributed by atoms with Gasteiger partial charge in [0.2, 0.25) is 0 Å². The monoisotopic (exact) mass is 284 g/mol. The molecule has 0 radical (unpaired) electrons. The maximum absolute atomic E-state index is 12.3. The quantitative estimate of drug-likeness (QED) is 0.836. The van der Waals surface area contributed by atoms with Crippen LogP contribution in [0, 0.1) is 6.92 Å². The minimum absolute atomic E-state index is 0.00107. The standard InChI is InChI=1S/C13H20N2O3S/c1-10-6-7-12(13(16)9-10)14-19(17,18)15-8-4-3-5-11(15)2/h6-7,9,11,14,16H,3-5,8H2,1-2H3. The lowest BCUT2D eigenvalue weighted by Crippen LogP contribution is -2.44. The summed E-state index contributed by atoms with van der Waals surface area (Å²) in [6.07, 6.45) is 2.81. The van der Waals surface area contributed by atoms with Crippen LogP contribution in [0.2, 0.25) is 0 Å². The molecule has 2 rings (SSSR count). The highest BCUT2D eigenvalue weighted by Crippen LogP contribution is 2.27. The maximum Gasteiger partial charge on any atom is 0.302 e. The third-order valence-corrected chi connectivity index (χ3v) is 5.08. The number of hydrogen-bond donors (Lipinski definition) is 2. The maximum atomic E-state index is 12.3. The van der Waals surface area contributed by atoms with Gasteiger partial charge in [-0.25, -0.2) is 0 Å². The van der Waals surface area contributed by atoms with Crippen molar-refractivity contribution < 1.29 is 13.5 Å². The van der Waals surface area contributed by atoms with Crippen LogP contribution in [0.4, 0.5) is 5.69 Å². The van der Waals surface area contributed by atoms with Crippen molar-refractivity contribution in [3.8, 4) is 5.75 Å². The number of phenols is 1. The van der Waals surface area contributed by atoms with E-state index in [9.17, 15) is 13.5 Å². The van der Waals surface area contributed by atoms with E-state index in [4.69, 9.17) is 0 Å². The molecular formula is C13H20N2O3S. The average Bonchev–Trinajstić information content (AvgIpc) is 2.33. The summed E-state index contributed by atoms with van der Waals surface area (Å²) in [5.41, 5.74) is 1.11. The van der Waals surface area contributed by atoms with Gasteiger partial charge in [-0.1, -0.05) is 12.5 Å². The van der Waals surface area contributed by atoms with E-state index in [1.807, 2.05) is 13.8 Å². The Balaban J connectivity index is 2.20. The lowest BCUT2D eigenvalue weighted by molar-refractivity contribution is 0.270. The van der Waals surface area contributed by atoms with Gasteiger partial charge in [-0.05, 0) is 44.4 Å². The zero-order chi connectivity index (χ0) is 14.0. The highest BCUT2D eigenvalue weighted by atomic mass is 32.2. The first-order chi connectivity index (χ1) is 8.90. The molecule has 0 bridgehead atoms. The molecule has 1 aliphatic heterocycles. The molecule has 0 saturated carbocycles. The van der Waals surface area contributed by atoms with Gasteiger partial charge in [0.15, 0.2) is 0 Å². The van der Waals surface area contributed by atoms with Crippen molar-refractivity contribution in [1.82, 2.24) is 4.31 Å². The van der Waals surface area contributed by atoms with E-state index in [0.29, 0.717) is 6.54 Å². The summed E-state index contributed by atoms with van der Waals surface area (Å²) in [4.78, 5) is 0. The van der Waals surface area contributed by atoms with E-state index in [-0.39, 0.29) is 17.5 Å². The molecule has 5 nitrogen and oxygen atoms in total. The highest BCUT2D eigenvalue weighted by molar-refractivity contribution is 7.90. The van der Waals surface area contributed by atoms with Gasteiger partial charge in [-0.15, -0.1) is 0 Å². The third-order valence-electron chi connectivity index (χ3n) is 3.44. The van der Waals surface area contributed by atoms with Crippen molar-refractivity contribution in [2.75, 3.05) is 11.3 Å². The van der Waals surface area contributed by atoms with E-state index in [1.54, 1.807) is 12.1 Å². The van der Waals surface area contributed by atoms with Gasteiger partial charge in [0.05, 0.1) is 5.69 Å². The van der Waals surface area contributed by atoms with Gasteiger partial charge in [-0.2, -0.15) is 12.7 Å². The molecule has 1 unspecified atom stereocenters. The Hall–Kier alpha value is -1.27. The predicted octanol–water partition coefficient (Wildman–Crippen LogP) is 2.23. The highest BCUT2D eigenvalue weighted by Gasteiger charge is 2.29. The Labute approximate surface area is 114 Å². The third kappa shape index (κ3) is 3.19. The van der Waals surface area contributed by atoms with E-state index in [0.717, 1.165) is 24.8 Å². The first-order valence-corrected chi connectivity index (χ1v) is 7.93. The van der Waals surface area contributed by atoms with Crippen LogP contribution >= 0.6 is 0 Å². The molecule has 19 heavy (non-hydrogen) atoms. The molecule has 106 valence electrons. The second-order valence-corrected chi connectivity index (χ2v) is 6.71. The van der Waals surface area contributed by atoms with Gasteiger partial charge in [0.1, 0.15) is 5.75 Å². The van der Waals surface area contributed by atoms with Crippen molar-refractivity contribution >= 4 is 15.9 Å². The van der Waals surface area contributed by atoms with E-state index in [1.165, 1.54) is 10.4 Å². The van der Waals surface area contributed by atoms with Crippen LogP contribution < -0.4 is 4.72 Å². The number of aryl methyl sites for hydroxylation is 1. The van der Waals surface area contributed by atoms with Crippen molar-refractivity contribution in [2.24, 2.45) is 0 Å². The van der Waals surface area contributed by atoms with Crippen molar-refractivity contribution in [2.45, 2.75) is 39.2 Å². The first kappa shape index (κ1) is 14.1. The van der Waals surface area contributed by atoms with Crippen molar-refractivity contribution in [1.29, 1.82) is 0 Å². The number of nitrogens with one attached hydrogen (secondary N) is 1. The number of aromatic hydroxyl groups is 1. The smallest absolute Gasteiger partial charge is 0.302 e. The minimum atomic E-state index is -3.60. The Kier molecular flexibility index (Phi) is 4.01. The fourth-order valence-electron chi connectivity index (χ4n) is 2.35. The van der Waals surface area contributed by atoms with Gasteiger partial charge >= 0.3 is 10.2 Å². The molecule has 1 saturated heterocycles. The Bertz CT molecular complexity index is 557. The first-order valence-electron chi connectivity index (χ1n) is 6.49. The lowest BCUT2D eigenvalue weighted by atomic mass is 10.1. The van der Waals surface area contributed by atoms with Gasteiger partial charge in [0.25, 0.3) is 0 Å². The average molecular weight is 284 g/mol. The number of phenolic OH excluding ortho intramolecular Hbond substituents is 1. The topological polar surface area (TPSA) is 69.6 Å². The lowest BCUT2D eigenvalue weighted by Gasteiger charge is -2.32. The SMILES string of the molecule is Cc1ccc(NS(=O)(=O)N2CCCCC2C)c(O)c1. The van der Waals surface area contributed by atoms with Crippen LogP contribution in [0.3, 0.4) is 0 Å². The fraction of sp³-hybridized carbons (Fsp3) is 0.538. The largest absolute Gasteiger partial charge is 0.506 e. The number of anilines is 1. The van der Waals surface area contributed by atoms with E-state index in [2.05, 4.69) is 4.72 Å². The van der Waals surface area contributed by atoms with E-state index >= 15 is 0 Å². The van der Waals surface area contributed by atoms with Crippen molar-refractivity contribution in [3.63, 3.8) is 0 Å². The molecule has 1 aromatic carbocycles. The summed E-state index contributed by atoms with van der Waals surface area (Å²) in [6.45, 7) is 4.28. The van der Waals surface area contributed by atoms with Crippen LogP contribution in [-0.2, 0) is 10.2 Å². The van der Waals surface area contributed by atoms with Gasteiger partial charge in [-0.3, -0.25) is 4.72 Å². The second-order valence-electron chi connectivity index (χ2n) is 5.08. The molecule has 1 heterocycles. The van der Waals surface area contributed by atoms with Crippen LogP contribution in [-0.4, -0.2) is 30.4 Å². The normalized spacial score (nSPS) is 21.3. The van der Waals surface area contributed by atoms with Crippen molar-refractivity contribution in [3.05, 3.63) is 23.8 Å². The van der Waals surface area contributed by atoms with E-state index < -0.39 is 10.2 Å². The van der Waals surface area contributed by atoms with Crippen LogP contribution in [0.25, 0.3) is 0 Å². The molecule has 1 fully saturated rings. The summed E-state index contributed by atoms with van der Waals surface area (Å²) in [6, 6.07) is 4.88. The molecule has 0 aromatic heterocycles. The Morgan fingerprint density at radius 1 is 1.37 bits per heavy atom. The predicted molar refractivity (Wildman–Crippen MR) is 75.4 cm³/mol. The van der Waals surface area contributed by atoms with Crippen LogP contribution in [0.15, 0.2) is 18.2 Å². The van der Waals surface area contributed by atoms with Gasteiger partial charge < -0.3 is 5.11 Å². The molecule has 0 aliphatic carbocycles. The number of hydrogen-bond acceptors (Lipinski definition) is 3. The molecule has 1 aliphatic rings.